The molecule has 22 heavy (non-hydrogen) atoms. The van der Waals surface area contributed by atoms with E-state index < -0.39 is 35.7 Å². The Morgan fingerprint density at radius 3 is 2.64 bits per heavy atom. The number of hydrogen-bond donors (Lipinski definition) is 4. The summed E-state index contributed by atoms with van der Waals surface area (Å²) in [6.45, 7) is 2.50. The van der Waals surface area contributed by atoms with E-state index in [2.05, 4.69) is 0 Å². The normalized spacial score (nSPS) is 47.3. The van der Waals surface area contributed by atoms with E-state index in [4.69, 9.17) is 9.47 Å². The molecule has 0 aromatic rings. The molecular formula is C15H20O7. The van der Waals surface area contributed by atoms with Crippen molar-refractivity contribution in [1.82, 2.24) is 0 Å². The number of carbonyl (C=O) groups is 1. The molecule has 2 bridgehead atoms. The zero-order chi connectivity index (χ0) is 16.3. The quantitative estimate of drug-likeness (QED) is 0.482. The van der Waals surface area contributed by atoms with Crippen molar-refractivity contribution in [3.63, 3.8) is 0 Å². The highest BCUT2D eigenvalue weighted by Crippen LogP contribution is 2.48. The van der Waals surface area contributed by atoms with E-state index >= 15 is 0 Å². The maximum atomic E-state index is 11.8. The molecule has 0 spiro atoms. The van der Waals surface area contributed by atoms with Gasteiger partial charge in [-0.3, -0.25) is 0 Å². The second kappa shape index (κ2) is 4.62. The van der Waals surface area contributed by atoms with Crippen LogP contribution in [0.1, 0.15) is 33.1 Å². The molecular weight excluding hydrogens is 292 g/mol. The van der Waals surface area contributed by atoms with Crippen LogP contribution in [0.4, 0.5) is 0 Å². The molecule has 0 amide bonds. The summed E-state index contributed by atoms with van der Waals surface area (Å²) >= 11 is 0. The van der Waals surface area contributed by atoms with Crippen LogP contribution in [-0.2, 0) is 14.3 Å². The summed E-state index contributed by atoms with van der Waals surface area (Å²) < 4.78 is 10.8. The number of ether oxygens (including phenoxy) is 2. The minimum absolute atomic E-state index is 0.0390. The van der Waals surface area contributed by atoms with E-state index in [1.165, 1.54) is 13.0 Å². The number of aliphatic hydroxyl groups excluding tert-OH is 2. The summed E-state index contributed by atoms with van der Waals surface area (Å²) in [4.78, 5) is 11.8. The van der Waals surface area contributed by atoms with E-state index in [1.54, 1.807) is 6.92 Å². The van der Waals surface area contributed by atoms with Crippen LogP contribution in [0.3, 0.4) is 0 Å². The summed E-state index contributed by atoms with van der Waals surface area (Å²) in [5.74, 6) is -2.41. The zero-order valence-electron chi connectivity index (χ0n) is 12.5. The third kappa shape index (κ3) is 2.12. The van der Waals surface area contributed by atoms with Gasteiger partial charge in [-0.2, -0.15) is 0 Å². The van der Waals surface area contributed by atoms with Gasteiger partial charge in [0.1, 0.15) is 11.4 Å². The van der Waals surface area contributed by atoms with Crippen LogP contribution in [0.15, 0.2) is 23.0 Å². The van der Waals surface area contributed by atoms with Gasteiger partial charge in [-0.05, 0) is 26.3 Å². The van der Waals surface area contributed by atoms with Gasteiger partial charge in [0, 0.05) is 18.4 Å². The minimum atomic E-state index is -1.80. The molecule has 0 radical (unpaired) electrons. The highest BCUT2D eigenvalue weighted by molar-refractivity contribution is 5.95. The zero-order valence-corrected chi connectivity index (χ0v) is 12.5. The standard InChI is InChI=1S/C15H20O7/c1-13-3-4-15(20,22-13)14(2,19)5-9(17)11-8(7-16)12(18)21-10(11)6-13/h6,9,16-17,19-20H,3-5,7H2,1-2H3/b10-6-/t9-,13+,14-,15-/m0/s1. The first kappa shape index (κ1) is 15.6. The average Bonchev–Trinajstić information content (AvgIpc) is 2.87. The Hall–Kier alpha value is -1.25. The largest absolute Gasteiger partial charge is 0.423 e. The Labute approximate surface area is 127 Å². The monoisotopic (exact) mass is 312 g/mol. The SMILES string of the molecule is C[C@]12/C=C3\OC(=O)C(CO)=C3[C@@H](O)C[C@](C)(O)[C@](O)(CC1)O2. The Morgan fingerprint density at radius 1 is 1.32 bits per heavy atom. The highest BCUT2D eigenvalue weighted by Gasteiger charge is 2.57. The van der Waals surface area contributed by atoms with Crippen LogP contribution in [0, 0.1) is 0 Å². The molecule has 0 saturated carbocycles. The molecule has 1 fully saturated rings. The fraction of sp³-hybridized carbons (Fsp3) is 0.667. The van der Waals surface area contributed by atoms with Crippen molar-refractivity contribution >= 4 is 5.97 Å². The van der Waals surface area contributed by atoms with Gasteiger partial charge in [0.05, 0.1) is 23.9 Å². The lowest BCUT2D eigenvalue weighted by atomic mass is 9.83. The molecule has 1 saturated heterocycles. The summed E-state index contributed by atoms with van der Waals surface area (Å²) in [6, 6.07) is 0. The Morgan fingerprint density at radius 2 is 2.00 bits per heavy atom. The molecule has 3 heterocycles. The Balaban J connectivity index is 2.17. The van der Waals surface area contributed by atoms with Crippen molar-refractivity contribution in [3.8, 4) is 0 Å². The third-order valence-corrected chi connectivity index (χ3v) is 4.76. The lowest BCUT2D eigenvalue weighted by molar-refractivity contribution is -0.297. The van der Waals surface area contributed by atoms with Crippen LogP contribution in [-0.4, -0.2) is 56.1 Å². The van der Waals surface area contributed by atoms with Crippen molar-refractivity contribution in [2.75, 3.05) is 6.61 Å². The molecule has 7 heteroatoms. The van der Waals surface area contributed by atoms with Crippen molar-refractivity contribution in [1.29, 1.82) is 0 Å². The van der Waals surface area contributed by atoms with Crippen LogP contribution in [0.25, 0.3) is 0 Å². The van der Waals surface area contributed by atoms with Gasteiger partial charge >= 0.3 is 5.97 Å². The minimum Gasteiger partial charge on any atom is -0.423 e. The maximum absolute atomic E-state index is 11.8. The molecule has 4 atom stereocenters. The number of carbonyl (C=O) groups excluding carboxylic acids is 1. The summed E-state index contributed by atoms with van der Waals surface area (Å²) in [6.07, 6.45) is 0.592. The van der Waals surface area contributed by atoms with Crippen molar-refractivity contribution in [3.05, 3.63) is 23.0 Å². The average molecular weight is 312 g/mol. The van der Waals surface area contributed by atoms with Gasteiger partial charge in [-0.1, -0.05) is 0 Å². The second-order valence-electron chi connectivity index (χ2n) is 6.64. The van der Waals surface area contributed by atoms with E-state index in [0.29, 0.717) is 6.42 Å². The lowest BCUT2D eigenvalue weighted by Gasteiger charge is -2.39. The van der Waals surface area contributed by atoms with E-state index in [9.17, 15) is 25.2 Å². The van der Waals surface area contributed by atoms with Gasteiger partial charge < -0.3 is 29.9 Å². The highest BCUT2D eigenvalue weighted by atomic mass is 16.7. The Kier molecular flexibility index (Phi) is 3.29. The van der Waals surface area contributed by atoms with Crippen LogP contribution >= 0.6 is 0 Å². The van der Waals surface area contributed by atoms with Crippen molar-refractivity contribution < 1.29 is 34.7 Å². The first-order valence-corrected chi connectivity index (χ1v) is 7.23. The van der Waals surface area contributed by atoms with E-state index in [0.717, 1.165) is 0 Å². The third-order valence-electron chi connectivity index (χ3n) is 4.76. The molecule has 0 aromatic heterocycles. The number of hydrogen-bond acceptors (Lipinski definition) is 7. The summed E-state index contributed by atoms with van der Waals surface area (Å²) in [5.41, 5.74) is -2.57. The van der Waals surface area contributed by atoms with Gasteiger partial charge in [0.25, 0.3) is 0 Å². The molecule has 0 aliphatic carbocycles. The number of rotatable bonds is 1. The first-order valence-electron chi connectivity index (χ1n) is 7.23. The predicted octanol–water partition coefficient (Wildman–Crippen LogP) is -0.511. The van der Waals surface area contributed by atoms with Gasteiger partial charge in [-0.25, -0.2) is 4.79 Å². The van der Waals surface area contributed by atoms with Gasteiger partial charge in [-0.15, -0.1) is 0 Å². The van der Waals surface area contributed by atoms with Gasteiger partial charge in [0.2, 0.25) is 0 Å². The molecule has 0 aromatic carbocycles. The fourth-order valence-electron chi connectivity index (χ4n) is 3.40. The molecule has 3 aliphatic rings. The predicted molar refractivity (Wildman–Crippen MR) is 73.2 cm³/mol. The number of aliphatic hydroxyl groups is 4. The fourth-order valence-corrected chi connectivity index (χ4v) is 3.40. The summed E-state index contributed by atoms with van der Waals surface area (Å²) in [5, 5.41) is 41.0. The first-order chi connectivity index (χ1) is 10.1. The van der Waals surface area contributed by atoms with E-state index in [1.807, 2.05) is 0 Å². The molecule has 7 nitrogen and oxygen atoms in total. The number of esters is 1. The number of fused-ring (bicyclic) bond motifs is 3. The smallest absolute Gasteiger partial charge is 0.342 e. The summed E-state index contributed by atoms with van der Waals surface area (Å²) in [7, 11) is 0. The Bertz CT molecular complexity index is 591. The van der Waals surface area contributed by atoms with Crippen LogP contribution in [0.2, 0.25) is 0 Å². The van der Waals surface area contributed by atoms with Crippen LogP contribution in [0.5, 0.6) is 0 Å². The molecule has 3 rings (SSSR count). The topological polar surface area (TPSA) is 116 Å². The molecule has 122 valence electrons. The second-order valence-corrected chi connectivity index (χ2v) is 6.64. The lowest BCUT2D eigenvalue weighted by Crippen LogP contribution is -2.54. The van der Waals surface area contributed by atoms with Gasteiger partial charge in [0.15, 0.2) is 5.79 Å². The van der Waals surface area contributed by atoms with E-state index in [-0.39, 0.29) is 29.7 Å². The molecule has 3 aliphatic heterocycles. The molecule has 0 unspecified atom stereocenters. The van der Waals surface area contributed by atoms with Crippen LogP contribution < -0.4 is 0 Å². The van der Waals surface area contributed by atoms with Crippen molar-refractivity contribution in [2.24, 2.45) is 0 Å². The maximum Gasteiger partial charge on any atom is 0.342 e. The van der Waals surface area contributed by atoms with Crippen molar-refractivity contribution in [2.45, 2.75) is 56.2 Å². The molecule has 4 N–H and O–H groups in total.